The molecule has 2 nitrogen and oxygen atoms in total. The summed E-state index contributed by atoms with van der Waals surface area (Å²) in [6, 6.07) is 47.7. The van der Waals surface area contributed by atoms with E-state index in [1.165, 1.54) is 0 Å². The highest BCUT2D eigenvalue weighted by atomic mass is 15.1. The van der Waals surface area contributed by atoms with Crippen molar-refractivity contribution in [3.05, 3.63) is 169 Å². The minimum absolute atomic E-state index is 0.196. The highest BCUT2D eigenvalue weighted by molar-refractivity contribution is 6.21. The van der Waals surface area contributed by atoms with Crippen molar-refractivity contribution in [1.29, 1.82) is 0 Å². The van der Waals surface area contributed by atoms with E-state index in [9.17, 15) is 0 Å². The summed E-state index contributed by atoms with van der Waals surface area (Å²) in [7, 11) is 0. The van der Waals surface area contributed by atoms with Crippen molar-refractivity contribution in [2.45, 2.75) is 32.3 Å². The van der Waals surface area contributed by atoms with Crippen LogP contribution in [-0.4, -0.2) is 9.55 Å². The first-order valence-corrected chi connectivity index (χ1v) is 16.6. The van der Waals surface area contributed by atoms with E-state index in [4.69, 9.17) is 15.1 Å². The quantitative estimate of drug-likeness (QED) is 0.173. The molecule has 0 saturated carbocycles. The van der Waals surface area contributed by atoms with Gasteiger partial charge in [-0.3, -0.25) is 4.57 Å². The van der Waals surface area contributed by atoms with E-state index in [1.807, 2.05) is 84.9 Å². The fourth-order valence-electron chi connectivity index (χ4n) is 8.08. The number of rotatable bonds is 4. The molecule has 0 aliphatic heterocycles. The van der Waals surface area contributed by atoms with Gasteiger partial charge in [-0.2, -0.15) is 0 Å². The molecule has 0 unspecified atom stereocenters. The maximum absolute atomic E-state index is 8.78. The molecule has 9 aromatic rings. The molecule has 1 aliphatic carbocycles. The molecule has 0 radical (unpaired) electrons. The Morgan fingerprint density at radius 2 is 1.18 bits per heavy atom. The van der Waals surface area contributed by atoms with Crippen LogP contribution in [0.25, 0.3) is 82.4 Å². The summed E-state index contributed by atoms with van der Waals surface area (Å²) >= 11 is 0. The van der Waals surface area contributed by atoms with Crippen LogP contribution in [0.2, 0.25) is 0 Å². The maximum Gasteiger partial charge on any atom is 0.114 e. The van der Waals surface area contributed by atoms with Crippen LogP contribution >= 0.6 is 0 Å². The third kappa shape index (κ3) is 4.12. The number of hydrogen-bond acceptors (Lipinski definition) is 1. The molecule has 2 heteroatoms. The number of aryl methyl sites for hydroxylation is 1. The zero-order chi connectivity index (χ0) is 42.9. The number of hydrogen-bond donors (Lipinski definition) is 0. The van der Waals surface area contributed by atoms with Gasteiger partial charge >= 0.3 is 0 Å². The Hall–Kier alpha value is -5.99. The molecule has 1 aromatic heterocycles. The van der Waals surface area contributed by atoms with E-state index in [0.29, 0.717) is 33.4 Å². The summed E-state index contributed by atoms with van der Waals surface area (Å²) in [4.78, 5) is 4.48. The summed E-state index contributed by atoms with van der Waals surface area (Å²) in [5.74, 6) is -0.196. The molecule has 10 rings (SSSR count). The van der Waals surface area contributed by atoms with Crippen molar-refractivity contribution < 1.29 is 15.1 Å². The fourth-order valence-corrected chi connectivity index (χ4v) is 8.08. The molecule has 1 heterocycles. The van der Waals surface area contributed by atoms with Gasteiger partial charge in [-0.25, -0.2) is 4.98 Å². The Labute approximate surface area is 307 Å². The summed E-state index contributed by atoms with van der Waals surface area (Å²) in [5.41, 5.74) is 4.70. The van der Waals surface area contributed by atoms with Gasteiger partial charge in [0.15, 0.2) is 0 Å². The molecule has 0 bridgehead atoms. The predicted molar refractivity (Wildman–Crippen MR) is 211 cm³/mol. The first-order chi connectivity index (χ1) is 28.9. The molecular weight excluding hydrogens is 605 g/mol. The minimum atomic E-state index is -2.95. The van der Waals surface area contributed by atoms with Crippen molar-refractivity contribution in [2.24, 2.45) is 0 Å². The third-order valence-electron chi connectivity index (χ3n) is 10.3. The largest absolute Gasteiger partial charge is 0.296 e. The van der Waals surface area contributed by atoms with Gasteiger partial charge in [0.2, 0.25) is 0 Å². The first kappa shape index (κ1) is 19.9. The molecule has 50 heavy (non-hydrogen) atoms. The Bertz CT molecular complexity index is 3190. The van der Waals surface area contributed by atoms with Crippen LogP contribution in [0, 0.1) is 0 Å². The predicted octanol–water partition coefficient (Wildman–Crippen LogP) is 12.7. The van der Waals surface area contributed by atoms with Crippen molar-refractivity contribution in [1.82, 2.24) is 9.55 Å². The average molecular weight is 652 g/mol. The first-order valence-electron chi connectivity index (χ1n) is 22.1. The van der Waals surface area contributed by atoms with Gasteiger partial charge < -0.3 is 0 Å². The SMILES string of the molecule is [2H]C([2H])([2H])C([2H])([2H])c1nc2ccccc2n1-c1ccc2cc(-c3c4ccccc4c(-c4ccc5c(c4)C(C([2H])([2H])[2H])(C([2H])([2H])[2H])c4ccccc4-5)c4ccccc34)ccc2c1. The van der Waals surface area contributed by atoms with Crippen molar-refractivity contribution in [3.63, 3.8) is 0 Å². The molecule has 0 fully saturated rings. The zero-order valence-corrected chi connectivity index (χ0v) is 26.8. The topological polar surface area (TPSA) is 17.8 Å². The normalized spacial score (nSPS) is 17.6. The number of fused-ring (bicyclic) bond motifs is 7. The second-order valence-electron chi connectivity index (χ2n) is 13.0. The van der Waals surface area contributed by atoms with Crippen molar-refractivity contribution in [2.75, 3.05) is 0 Å². The maximum atomic E-state index is 8.78. The second kappa shape index (κ2) is 10.8. The van der Waals surface area contributed by atoms with Crippen LogP contribution in [0.1, 0.15) is 52.6 Å². The van der Waals surface area contributed by atoms with E-state index in [-0.39, 0.29) is 17.0 Å². The lowest BCUT2D eigenvalue weighted by molar-refractivity contribution is 0.660. The summed E-state index contributed by atoms with van der Waals surface area (Å²) < 4.78 is 95.5. The van der Waals surface area contributed by atoms with E-state index in [0.717, 1.165) is 49.0 Å². The van der Waals surface area contributed by atoms with Gasteiger partial charge in [0.05, 0.1) is 11.0 Å². The number of aromatic nitrogens is 2. The van der Waals surface area contributed by atoms with E-state index in [1.54, 1.807) is 53.1 Å². The summed E-state index contributed by atoms with van der Waals surface area (Å²) in [5, 5.41) is 5.51. The number of para-hydroxylation sites is 2. The van der Waals surface area contributed by atoms with Crippen LogP contribution in [0.5, 0.6) is 0 Å². The van der Waals surface area contributed by atoms with Crippen LogP contribution in [0.3, 0.4) is 0 Å². The fraction of sp³-hybridized carbons (Fsp3) is 0.104. The monoisotopic (exact) mass is 651 g/mol. The minimum Gasteiger partial charge on any atom is -0.296 e. The Morgan fingerprint density at radius 3 is 1.92 bits per heavy atom. The summed E-state index contributed by atoms with van der Waals surface area (Å²) in [6.07, 6.45) is -2.72. The second-order valence-corrected chi connectivity index (χ2v) is 13.0. The molecular formula is C48H36N2. The smallest absolute Gasteiger partial charge is 0.114 e. The van der Waals surface area contributed by atoms with Gasteiger partial charge in [-0.05, 0) is 113 Å². The van der Waals surface area contributed by atoms with Crippen LogP contribution in [0.15, 0.2) is 152 Å². The molecule has 0 spiro atoms. The van der Waals surface area contributed by atoms with E-state index >= 15 is 0 Å². The van der Waals surface area contributed by atoms with Crippen molar-refractivity contribution in [3.8, 4) is 39.1 Å². The Balaban J connectivity index is 1.16. The lowest BCUT2D eigenvalue weighted by Gasteiger charge is -2.23. The number of imidazole rings is 1. The van der Waals surface area contributed by atoms with Crippen LogP contribution in [-0.2, 0) is 11.8 Å². The highest BCUT2D eigenvalue weighted by Crippen LogP contribution is 2.51. The zero-order valence-electron chi connectivity index (χ0n) is 37.8. The van der Waals surface area contributed by atoms with Gasteiger partial charge in [0, 0.05) is 32.6 Å². The van der Waals surface area contributed by atoms with Crippen LogP contribution in [0.4, 0.5) is 0 Å². The van der Waals surface area contributed by atoms with Gasteiger partial charge in [0.1, 0.15) is 5.82 Å². The summed E-state index contributed by atoms with van der Waals surface area (Å²) in [6.45, 7) is -8.72. The average Bonchev–Trinajstić information content (AvgIpc) is 3.77. The molecule has 238 valence electrons. The standard InChI is InChI=1S/C48H36N2/c1-4-45-49-43-19-11-12-20-44(43)50(45)34-25-23-30-27-32(22-21-31(30)28-34)46-37-14-5-7-16-39(37)47(40-17-8-6-15-38(40)46)33-24-26-36-35-13-9-10-18-41(35)48(2,3)42(36)29-33/h5-29H,4H2,1-3H3/i1D3,2D3,3D3,4D2. The Kier molecular flexibility index (Phi) is 4.27. The lowest BCUT2D eigenvalue weighted by atomic mass is 9.80. The van der Waals surface area contributed by atoms with E-state index in [2.05, 4.69) is 23.2 Å². The van der Waals surface area contributed by atoms with Gasteiger partial charge in [-0.1, -0.05) is 136 Å². The molecule has 0 atom stereocenters. The van der Waals surface area contributed by atoms with Gasteiger partial charge in [0.25, 0.3) is 0 Å². The Morgan fingerprint density at radius 1 is 0.580 bits per heavy atom. The van der Waals surface area contributed by atoms with Crippen molar-refractivity contribution >= 4 is 43.4 Å². The molecule has 0 amide bonds. The van der Waals surface area contributed by atoms with Crippen LogP contribution < -0.4 is 0 Å². The molecule has 0 saturated heterocycles. The van der Waals surface area contributed by atoms with E-state index < -0.39 is 32.3 Å². The molecule has 1 aliphatic rings. The third-order valence-corrected chi connectivity index (χ3v) is 10.3. The molecule has 0 N–H and O–H groups in total. The van der Waals surface area contributed by atoms with Gasteiger partial charge in [-0.15, -0.1) is 0 Å². The number of benzene rings is 8. The molecule has 8 aromatic carbocycles. The lowest BCUT2D eigenvalue weighted by Crippen LogP contribution is -2.14. The number of nitrogens with zero attached hydrogens (tertiary/aromatic N) is 2. The highest BCUT2D eigenvalue weighted by Gasteiger charge is 2.35.